The SMILES string of the molecule is CCCCCCN(CCCCCC)c1ccc(/C=C/c2ccc(/C=C/c3ccc([N+](=O)[O-])c(F)c3)nc2)cc1. The molecular weight excluding hydrogens is 489 g/mol. The van der Waals surface area contributed by atoms with E-state index >= 15 is 0 Å². The number of halogens is 1. The minimum absolute atomic E-state index is 0.529. The maximum atomic E-state index is 13.8. The summed E-state index contributed by atoms with van der Waals surface area (Å²) in [5.74, 6) is -0.852. The van der Waals surface area contributed by atoms with Crippen molar-refractivity contribution in [1.82, 2.24) is 4.98 Å². The second kappa shape index (κ2) is 16.2. The van der Waals surface area contributed by atoms with E-state index in [1.165, 1.54) is 69.2 Å². The van der Waals surface area contributed by atoms with E-state index in [0.717, 1.165) is 30.3 Å². The summed E-state index contributed by atoms with van der Waals surface area (Å²) in [6, 6.07) is 16.5. The summed E-state index contributed by atoms with van der Waals surface area (Å²) in [5, 5.41) is 10.8. The van der Waals surface area contributed by atoms with Crippen LogP contribution in [0.25, 0.3) is 24.3 Å². The van der Waals surface area contributed by atoms with Gasteiger partial charge in [-0.15, -0.1) is 0 Å². The molecule has 0 spiro atoms. The predicted octanol–water partition coefficient (Wildman–Crippen LogP) is 9.44. The highest BCUT2D eigenvalue weighted by atomic mass is 19.1. The lowest BCUT2D eigenvalue weighted by molar-refractivity contribution is -0.387. The van der Waals surface area contributed by atoms with Crippen LogP contribution in [0.3, 0.4) is 0 Å². The Hall–Kier alpha value is -3.80. The summed E-state index contributed by atoms with van der Waals surface area (Å²) in [6.07, 6.45) is 19.5. The molecule has 0 saturated carbocycles. The molecule has 0 unspecified atom stereocenters. The topological polar surface area (TPSA) is 59.3 Å². The normalized spacial score (nSPS) is 11.5. The van der Waals surface area contributed by atoms with Crippen LogP contribution in [0.5, 0.6) is 0 Å². The summed E-state index contributed by atoms with van der Waals surface area (Å²) in [7, 11) is 0. The number of benzene rings is 2. The summed E-state index contributed by atoms with van der Waals surface area (Å²) < 4.78 is 13.8. The Morgan fingerprint density at radius 1 is 0.769 bits per heavy atom. The third-order valence-corrected chi connectivity index (χ3v) is 6.71. The van der Waals surface area contributed by atoms with Crippen molar-refractivity contribution in [2.45, 2.75) is 65.2 Å². The summed E-state index contributed by atoms with van der Waals surface area (Å²) >= 11 is 0. The third kappa shape index (κ3) is 10.1. The average Bonchev–Trinajstić information content (AvgIpc) is 2.95. The number of pyridine rings is 1. The minimum atomic E-state index is -0.852. The summed E-state index contributed by atoms with van der Waals surface area (Å²) in [4.78, 5) is 17.0. The Labute approximate surface area is 232 Å². The zero-order chi connectivity index (χ0) is 27.9. The molecule has 206 valence electrons. The molecular formula is C33H40FN3O2. The van der Waals surface area contributed by atoms with Crippen LogP contribution in [0.15, 0.2) is 60.8 Å². The number of aromatic nitrogens is 1. The highest BCUT2D eigenvalue weighted by Gasteiger charge is 2.12. The number of nitro groups is 1. The first-order chi connectivity index (χ1) is 19.0. The fourth-order valence-corrected chi connectivity index (χ4v) is 4.39. The van der Waals surface area contributed by atoms with E-state index in [2.05, 4.69) is 54.1 Å². The van der Waals surface area contributed by atoms with Crippen molar-refractivity contribution in [3.63, 3.8) is 0 Å². The molecule has 0 saturated heterocycles. The van der Waals surface area contributed by atoms with Gasteiger partial charge in [-0.3, -0.25) is 15.1 Å². The molecule has 3 aromatic rings. The Morgan fingerprint density at radius 3 is 1.92 bits per heavy atom. The molecule has 0 atom stereocenters. The molecule has 0 aliphatic heterocycles. The fourth-order valence-electron chi connectivity index (χ4n) is 4.39. The lowest BCUT2D eigenvalue weighted by Gasteiger charge is -2.25. The Morgan fingerprint density at radius 2 is 1.36 bits per heavy atom. The third-order valence-electron chi connectivity index (χ3n) is 6.71. The van der Waals surface area contributed by atoms with Crippen molar-refractivity contribution in [3.05, 3.63) is 99.1 Å². The highest BCUT2D eigenvalue weighted by Crippen LogP contribution is 2.21. The number of nitrogens with zero attached hydrogens (tertiary/aromatic N) is 3. The molecule has 0 aliphatic carbocycles. The molecule has 0 radical (unpaired) electrons. The van der Waals surface area contributed by atoms with Crippen LogP contribution in [0.2, 0.25) is 0 Å². The van der Waals surface area contributed by atoms with Crippen molar-refractivity contribution < 1.29 is 9.31 Å². The summed E-state index contributed by atoms with van der Waals surface area (Å²) in [6.45, 7) is 6.74. The largest absolute Gasteiger partial charge is 0.372 e. The van der Waals surface area contributed by atoms with Crippen molar-refractivity contribution in [2.24, 2.45) is 0 Å². The van der Waals surface area contributed by atoms with Gasteiger partial charge in [0.2, 0.25) is 5.82 Å². The molecule has 0 N–H and O–H groups in total. The lowest BCUT2D eigenvalue weighted by Crippen LogP contribution is -2.25. The van der Waals surface area contributed by atoms with E-state index in [1.807, 2.05) is 18.2 Å². The number of nitro benzene ring substituents is 1. The van der Waals surface area contributed by atoms with Gasteiger partial charge < -0.3 is 4.90 Å². The van der Waals surface area contributed by atoms with E-state index in [-0.39, 0.29) is 0 Å². The van der Waals surface area contributed by atoms with Crippen LogP contribution < -0.4 is 4.90 Å². The summed E-state index contributed by atoms with van der Waals surface area (Å²) in [5.41, 5.74) is 4.14. The molecule has 0 aliphatic rings. The van der Waals surface area contributed by atoms with Gasteiger partial charge in [-0.1, -0.05) is 88.8 Å². The maximum Gasteiger partial charge on any atom is 0.304 e. The van der Waals surface area contributed by atoms with Crippen LogP contribution in [0, 0.1) is 15.9 Å². The van der Waals surface area contributed by atoms with Gasteiger partial charge in [-0.05, 0) is 65.9 Å². The molecule has 2 aromatic carbocycles. The second-order valence-electron chi connectivity index (χ2n) is 9.85. The van der Waals surface area contributed by atoms with Gasteiger partial charge >= 0.3 is 5.69 Å². The zero-order valence-corrected chi connectivity index (χ0v) is 23.2. The number of anilines is 1. The molecule has 1 aromatic heterocycles. The standard InChI is InChI=1S/C33H40FN3O2/c1-3-5-7-9-23-36(24-10-8-6-4-2)31-20-15-27(16-21-31)11-12-29-14-19-30(35-26-29)18-13-28-17-22-33(37(38)39)32(34)25-28/h11-22,25-26H,3-10,23-24H2,1-2H3/b12-11+,18-13+. The van der Waals surface area contributed by atoms with Crippen molar-refractivity contribution in [2.75, 3.05) is 18.0 Å². The van der Waals surface area contributed by atoms with Crippen molar-refractivity contribution in [3.8, 4) is 0 Å². The maximum absolute atomic E-state index is 13.8. The zero-order valence-electron chi connectivity index (χ0n) is 23.2. The van der Waals surface area contributed by atoms with E-state index in [9.17, 15) is 14.5 Å². The molecule has 1 heterocycles. The van der Waals surface area contributed by atoms with Gasteiger partial charge in [0.05, 0.1) is 10.6 Å². The molecule has 5 nitrogen and oxygen atoms in total. The van der Waals surface area contributed by atoms with Gasteiger partial charge in [-0.2, -0.15) is 4.39 Å². The number of rotatable bonds is 16. The second-order valence-corrected chi connectivity index (χ2v) is 9.85. The molecule has 3 rings (SSSR count). The van der Waals surface area contributed by atoms with E-state index < -0.39 is 16.4 Å². The molecule has 6 heteroatoms. The quantitative estimate of drug-likeness (QED) is 0.105. The number of hydrogen-bond donors (Lipinski definition) is 0. The molecule has 0 amide bonds. The van der Waals surface area contributed by atoms with Gasteiger partial charge in [-0.25, -0.2) is 0 Å². The van der Waals surface area contributed by atoms with Crippen LogP contribution >= 0.6 is 0 Å². The molecule has 0 bridgehead atoms. The molecule has 0 fully saturated rings. The average molecular weight is 530 g/mol. The van der Waals surface area contributed by atoms with Gasteiger partial charge in [0.15, 0.2) is 0 Å². The van der Waals surface area contributed by atoms with Gasteiger partial charge in [0.25, 0.3) is 0 Å². The van der Waals surface area contributed by atoms with Crippen LogP contribution in [0.1, 0.15) is 87.6 Å². The van der Waals surface area contributed by atoms with Crippen molar-refractivity contribution in [1.29, 1.82) is 0 Å². The monoisotopic (exact) mass is 529 g/mol. The Kier molecular flexibility index (Phi) is 12.4. The van der Waals surface area contributed by atoms with Crippen molar-refractivity contribution >= 4 is 35.7 Å². The molecule has 39 heavy (non-hydrogen) atoms. The first-order valence-corrected chi connectivity index (χ1v) is 14.1. The van der Waals surface area contributed by atoms with E-state index in [4.69, 9.17) is 0 Å². The van der Waals surface area contributed by atoms with Crippen LogP contribution in [-0.4, -0.2) is 23.0 Å². The van der Waals surface area contributed by atoms with Gasteiger partial charge in [0, 0.05) is 31.0 Å². The smallest absolute Gasteiger partial charge is 0.304 e. The Bertz CT molecular complexity index is 1210. The first-order valence-electron chi connectivity index (χ1n) is 14.1. The number of unbranched alkanes of at least 4 members (excludes halogenated alkanes) is 6. The van der Waals surface area contributed by atoms with Crippen LogP contribution in [0.4, 0.5) is 15.8 Å². The van der Waals surface area contributed by atoms with E-state index in [1.54, 1.807) is 18.3 Å². The first kappa shape index (κ1) is 29.8. The van der Waals surface area contributed by atoms with Crippen LogP contribution in [-0.2, 0) is 0 Å². The fraction of sp³-hybridized carbons (Fsp3) is 0.364. The predicted molar refractivity (Wildman–Crippen MR) is 162 cm³/mol. The minimum Gasteiger partial charge on any atom is -0.372 e. The van der Waals surface area contributed by atoms with Gasteiger partial charge in [0.1, 0.15) is 0 Å². The van der Waals surface area contributed by atoms with E-state index in [0.29, 0.717) is 11.3 Å². The number of hydrogen-bond acceptors (Lipinski definition) is 4. The highest BCUT2D eigenvalue weighted by molar-refractivity contribution is 5.72. The lowest BCUT2D eigenvalue weighted by atomic mass is 10.1. The Balaban J connectivity index is 1.58.